The van der Waals surface area contributed by atoms with Crippen LogP contribution in [0.3, 0.4) is 0 Å². The fourth-order valence-corrected chi connectivity index (χ4v) is 4.97. The number of nitro benzene ring substituents is 1. The van der Waals surface area contributed by atoms with Gasteiger partial charge < -0.3 is 4.42 Å². The van der Waals surface area contributed by atoms with Gasteiger partial charge in [-0.3, -0.25) is 24.5 Å². The van der Waals surface area contributed by atoms with Gasteiger partial charge in [-0.1, -0.05) is 41.9 Å². The zero-order chi connectivity index (χ0) is 25.7. The molecule has 3 heterocycles. The number of hydrogen-bond donors (Lipinski definition) is 0. The van der Waals surface area contributed by atoms with E-state index < -0.39 is 34.8 Å². The molecule has 2 aliphatic heterocycles. The lowest BCUT2D eigenvalue weighted by Crippen LogP contribution is -2.37. The molecule has 0 unspecified atom stereocenters. The molecular weight excluding hydrogens is 498 g/mol. The fraction of sp³-hybridized carbons (Fsp3) is 0.111. The summed E-state index contributed by atoms with van der Waals surface area (Å²) in [5, 5.41) is 13.5. The smallest absolute Gasteiger partial charge is 0.280 e. The van der Waals surface area contributed by atoms with Crippen LogP contribution in [0.25, 0.3) is 11.3 Å². The molecule has 0 saturated carbocycles. The van der Waals surface area contributed by atoms with Crippen LogP contribution in [0, 0.1) is 16.0 Å². The van der Waals surface area contributed by atoms with Crippen molar-refractivity contribution in [1.29, 1.82) is 0 Å². The first-order valence-corrected chi connectivity index (χ1v) is 11.8. The summed E-state index contributed by atoms with van der Waals surface area (Å²) in [5.74, 6) is -1.24. The van der Waals surface area contributed by atoms with Crippen molar-refractivity contribution in [2.45, 2.75) is 12.1 Å². The lowest BCUT2D eigenvalue weighted by atomic mass is 9.94. The highest BCUT2D eigenvalue weighted by Gasteiger charge is 2.61. The molecule has 4 aromatic rings. The van der Waals surface area contributed by atoms with Gasteiger partial charge in [0, 0.05) is 11.1 Å². The van der Waals surface area contributed by atoms with Crippen LogP contribution in [-0.2, 0) is 14.4 Å². The fourth-order valence-electron chi connectivity index (χ4n) is 4.84. The molecule has 2 amide bonds. The number of imide groups is 1. The normalized spacial score (nSPS) is 20.9. The van der Waals surface area contributed by atoms with E-state index in [-0.39, 0.29) is 11.4 Å². The largest absolute Gasteiger partial charge is 0.458 e. The molecule has 2 saturated heterocycles. The van der Waals surface area contributed by atoms with Gasteiger partial charge in [-0.15, -0.1) is 0 Å². The second-order valence-corrected chi connectivity index (χ2v) is 9.06. The predicted molar refractivity (Wildman–Crippen MR) is 135 cm³/mol. The number of amides is 2. The van der Waals surface area contributed by atoms with Crippen molar-refractivity contribution in [3.8, 4) is 11.3 Å². The molecule has 184 valence electrons. The van der Waals surface area contributed by atoms with Crippen LogP contribution in [-0.4, -0.2) is 22.8 Å². The van der Waals surface area contributed by atoms with Crippen LogP contribution in [0.15, 0.2) is 95.4 Å². The molecule has 0 bridgehead atoms. The van der Waals surface area contributed by atoms with Gasteiger partial charge in [-0.05, 0) is 54.6 Å². The minimum absolute atomic E-state index is 0.107. The highest BCUT2D eigenvalue weighted by molar-refractivity contribution is 6.31. The first kappa shape index (κ1) is 23.0. The van der Waals surface area contributed by atoms with E-state index in [1.807, 2.05) is 18.2 Å². The molecule has 1 aromatic heterocycles. The summed E-state index contributed by atoms with van der Waals surface area (Å²) in [4.78, 5) is 45.4. The third kappa shape index (κ3) is 3.76. The number of nitrogens with zero attached hydrogens (tertiary/aromatic N) is 3. The number of halogens is 1. The van der Waals surface area contributed by atoms with Crippen molar-refractivity contribution >= 4 is 40.5 Å². The Hall–Kier alpha value is -4.47. The Bertz CT molecular complexity index is 1520. The number of nitro groups is 1. The van der Waals surface area contributed by atoms with E-state index in [1.165, 1.54) is 11.1 Å². The molecule has 3 aromatic carbocycles. The molecule has 0 spiro atoms. The third-order valence-corrected chi connectivity index (χ3v) is 6.75. The summed E-state index contributed by atoms with van der Waals surface area (Å²) >= 11 is 5.99. The van der Waals surface area contributed by atoms with E-state index in [0.717, 1.165) is 4.90 Å². The molecular formula is C27H18ClN3O6. The van der Waals surface area contributed by atoms with Crippen molar-refractivity contribution in [2.75, 3.05) is 9.96 Å². The van der Waals surface area contributed by atoms with Gasteiger partial charge in [0.05, 0.1) is 21.9 Å². The average Bonchev–Trinajstić information content (AvgIpc) is 3.60. The van der Waals surface area contributed by atoms with Gasteiger partial charge in [-0.25, -0.2) is 9.96 Å². The van der Waals surface area contributed by atoms with E-state index in [0.29, 0.717) is 27.7 Å². The highest BCUT2D eigenvalue weighted by atomic mass is 35.5. The van der Waals surface area contributed by atoms with Crippen LogP contribution >= 0.6 is 11.6 Å². The predicted octanol–water partition coefficient (Wildman–Crippen LogP) is 5.56. The molecule has 0 radical (unpaired) electrons. The number of carbonyl (C=O) groups excluding carboxylic acids is 2. The van der Waals surface area contributed by atoms with Crippen LogP contribution < -0.4 is 9.96 Å². The summed E-state index contributed by atoms with van der Waals surface area (Å²) < 4.78 is 6.12. The number of hydrogen-bond acceptors (Lipinski definition) is 7. The third-order valence-electron chi connectivity index (χ3n) is 6.50. The van der Waals surface area contributed by atoms with Crippen LogP contribution in [0.2, 0.25) is 5.02 Å². The van der Waals surface area contributed by atoms with Crippen LogP contribution in [0.1, 0.15) is 11.8 Å². The number of furan rings is 1. The van der Waals surface area contributed by atoms with Crippen molar-refractivity contribution in [3.63, 3.8) is 0 Å². The monoisotopic (exact) mass is 515 g/mol. The minimum Gasteiger partial charge on any atom is -0.458 e. The lowest BCUT2D eigenvalue weighted by Gasteiger charge is -2.27. The molecule has 2 aliphatic rings. The number of benzene rings is 3. The SMILES string of the molecule is O=C1[C@H]2[C@@H](ON(c3ccccc3)[C@H]2c2ccc(-c3ccccc3[N+](=O)[O-])o2)C(=O)N1c1ccc(Cl)cc1. The number of hydroxylamine groups is 1. The summed E-state index contributed by atoms with van der Waals surface area (Å²) in [6.07, 6.45) is -1.08. The Labute approximate surface area is 215 Å². The van der Waals surface area contributed by atoms with Crippen molar-refractivity contribution < 1.29 is 23.8 Å². The van der Waals surface area contributed by atoms with Gasteiger partial charge in [0.1, 0.15) is 23.5 Å². The number of fused-ring (bicyclic) bond motifs is 1. The van der Waals surface area contributed by atoms with Gasteiger partial charge in [-0.2, -0.15) is 0 Å². The standard InChI is InChI=1S/C27H18ClN3O6/c28-16-10-12-17(13-11-16)29-26(32)23-24(30(37-25(23)27(29)33)18-6-2-1-3-7-18)22-15-14-21(36-22)19-8-4-5-9-20(19)31(34)35/h1-15,23-25H/t23-,24+,25-/m1/s1. The van der Waals surface area contributed by atoms with Gasteiger partial charge in [0.15, 0.2) is 6.10 Å². The summed E-state index contributed by atoms with van der Waals surface area (Å²) in [5.41, 5.74) is 1.22. The molecule has 6 rings (SSSR count). The van der Waals surface area contributed by atoms with E-state index in [9.17, 15) is 19.7 Å². The molecule has 0 aliphatic carbocycles. The first-order chi connectivity index (χ1) is 17.9. The van der Waals surface area contributed by atoms with Gasteiger partial charge in [0.25, 0.3) is 11.6 Å². The summed E-state index contributed by atoms with van der Waals surface area (Å²) in [7, 11) is 0. The Balaban J connectivity index is 1.43. The first-order valence-electron chi connectivity index (χ1n) is 11.4. The summed E-state index contributed by atoms with van der Waals surface area (Å²) in [6, 6.07) is 24.2. The van der Waals surface area contributed by atoms with Crippen molar-refractivity contribution in [1.82, 2.24) is 0 Å². The number of rotatable bonds is 5. The quantitative estimate of drug-likeness (QED) is 0.194. The second kappa shape index (κ2) is 8.88. The van der Waals surface area contributed by atoms with E-state index >= 15 is 0 Å². The number of carbonyl (C=O) groups is 2. The van der Waals surface area contributed by atoms with Gasteiger partial charge >= 0.3 is 0 Å². The molecule has 37 heavy (non-hydrogen) atoms. The molecule has 2 fully saturated rings. The number of anilines is 2. The highest BCUT2D eigenvalue weighted by Crippen LogP contribution is 2.48. The summed E-state index contributed by atoms with van der Waals surface area (Å²) in [6.45, 7) is 0. The van der Waals surface area contributed by atoms with E-state index in [2.05, 4.69) is 0 Å². The zero-order valence-electron chi connectivity index (χ0n) is 19.1. The Morgan fingerprint density at radius 1 is 0.811 bits per heavy atom. The van der Waals surface area contributed by atoms with E-state index in [4.69, 9.17) is 20.9 Å². The molecule has 3 atom stereocenters. The maximum Gasteiger partial charge on any atom is 0.280 e. The zero-order valence-corrected chi connectivity index (χ0v) is 19.8. The van der Waals surface area contributed by atoms with Crippen molar-refractivity contribution in [3.05, 3.63) is 112 Å². The van der Waals surface area contributed by atoms with Crippen LogP contribution in [0.5, 0.6) is 0 Å². The second-order valence-electron chi connectivity index (χ2n) is 8.62. The number of para-hydroxylation sites is 2. The minimum atomic E-state index is -1.08. The van der Waals surface area contributed by atoms with Crippen molar-refractivity contribution in [2.24, 2.45) is 5.92 Å². The topological polar surface area (TPSA) is 106 Å². The Kier molecular flexibility index (Phi) is 5.51. The molecule has 0 N–H and O–H groups in total. The Morgan fingerprint density at radius 2 is 1.51 bits per heavy atom. The Morgan fingerprint density at radius 3 is 2.24 bits per heavy atom. The average molecular weight is 516 g/mol. The molecule has 10 heteroatoms. The maximum atomic E-state index is 13.7. The lowest BCUT2D eigenvalue weighted by molar-refractivity contribution is -0.384. The van der Waals surface area contributed by atoms with Gasteiger partial charge in [0.2, 0.25) is 5.91 Å². The van der Waals surface area contributed by atoms with E-state index in [1.54, 1.807) is 66.7 Å². The maximum absolute atomic E-state index is 13.7. The van der Waals surface area contributed by atoms with Crippen LogP contribution in [0.4, 0.5) is 17.1 Å². The molecule has 9 nitrogen and oxygen atoms in total.